The van der Waals surface area contributed by atoms with Crippen LogP contribution in [0.3, 0.4) is 0 Å². The number of rotatable bonds is 4. The lowest BCUT2D eigenvalue weighted by Crippen LogP contribution is -2.11. The molecule has 0 fully saturated rings. The van der Waals surface area contributed by atoms with Crippen LogP contribution in [-0.2, 0) is 10.2 Å². The van der Waals surface area contributed by atoms with Crippen LogP contribution >= 0.6 is 0 Å². The molecule has 0 aliphatic carbocycles. The summed E-state index contributed by atoms with van der Waals surface area (Å²) < 4.78 is 5.47. The molecule has 0 spiro atoms. The molecule has 0 atom stereocenters. The largest absolute Gasteiger partial charge is 0.492 e. The second-order valence-corrected chi connectivity index (χ2v) is 4.60. The number of ether oxygens (including phenoxy) is 1. The molecule has 3 nitrogen and oxygen atoms in total. The van der Waals surface area contributed by atoms with Gasteiger partial charge in [-0.3, -0.25) is 0 Å². The maximum absolute atomic E-state index is 9.85. The van der Waals surface area contributed by atoms with E-state index < -0.39 is 0 Å². The highest BCUT2D eigenvalue weighted by Crippen LogP contribution is 2.25. The summed E-state index contributed by atoms with van der Waals surface area (Å²) in [5.41, 5.74) is 1.34. The van der Waals surface area contributed by atoms with Crippen LogP contribution in [0.25, 0.3) is 0 Å². The molecule has 1 aromatic carbocycles. The van der Waals surface area contributed by atoms with Crippen molar-refractivity contribution in [1.82, 2.24) is 0 Å². The minimum atomic E-state index is 0.111. The Morgan fingerprint density at radius 2 is 2.12 bits per heavy atom. The Kier molecular flexibility index (Phi) is 4.27. The molecule has 0 heterocycles. The summed E-state index contributed by atoms with van der Waals surface area (Å²) in [5.74, 6) is 0.813. The molecule has 16 heavy (non-hydrogen) atoms. The summed E-state index contributed by atoms with van der Waals surface area (Å²) in [7, 11) is 0. The highest BCUT2D eigenvalue weighted by Gasteiger charge is 2.13. The number of hydrogen-bond acceptors (Lipinski definition) is 3. The fraction of sp³-hybridized carbons (Fsp3) is 0.462. The maximum atomic E-state index is 9.85. The Morgan fingerprint density at radius 3 is 2.75 bits per heavy atom. The van der Waals surface area contributed by atoms with E-state index in [0.717, 1.165) is 5.75 Å². The molecule has 0 aliphatic heterocycles. The number of carbonyl (C=O) groups excluding carboxylic acids is 1. The predicted octanol–water partition coefficient (Wildman–Crippen LogP) is 2.70. The molecule has 0 radical (unpaired) electrons. The van der Waals surface area contributed by atoms with E-state index in [4.69, 9.17) is 4.74 Å². The van der Waals surface area contributed by atoms with Gasteiger partial charge < -0.3 is 4.74 Å². The molecule has 0 bridgehead atoms. The first-order valence-corrected chi connectivity index (χ1v) is 5.31. The molecule has 86 valence electrons. The van der Waals surface area contributed by atoms with E-state index in [2.05, 4.69) is 31.8 Å². The van der Waals surface area contributed by atoms with Gasteiger partial charge >= 0.3 is 0 Å². The summed E-state index contributed by atoms with van der Waals surface area (Å²) in [6, 6.07) is 7.97. The lowest BCUT2D eigenvalue weighted by Gasteiger charge is -2.19. The van der Waals surface area contributed by atoms with Crippen LogP contribution in [-0.4, -0.2) is 19.2 Å². The van der Waals surface area contributed by atoms with Crippen molar-refractivity contribution in [2.75, 3.05) is 13.2 Å². The second kappa shape index (κ2) is 5.47. The van der Waals surface area contributed by atoms with Crippen molar-refractivity contribution < 1.29 is 9.53 Å². The number of isocyanates is 1. The molecule has 0 saturated heterocycles. The third kappa shape index (κ3) is 3.87. The average molecular weight is 219 g/mol. The molecule has 0 N–H and O–H groups in total. The zero-order chi connectivity index (χ0) is 12.0. The van der Waals surface area contributed by atoms with E-state index in [1.807, 2.05) is 18.2 Å². The van der Waals surface area contributed by atoms with E-state index in [0.29, 0.717) is 13.2 Å². The number of nitrogens with zero attached hydrogens (tertiary/aromatic N) is 1. The van der Waals surface area contributed by atoms with Crippen LogP contribution in [0.5, 0.6) is 5.75 Å². The number of hydrogen-bond donors (Lipinski definition) is 0. The third-order valence-electron chi connectivity index (χ3n) is 2.24. The van der Waals surface area contributed by atoms with Crippen molar-refractivity contribution in [2.45, 2.75) is 26.2 Å². The summed E-state index contributed by atoms with van der Waals surface area (Å²) in [6.07, 6.45) is 1.48. The van der Waals surface area contributed by atoms with Crippen molar-refractivity contribution in [1.29, 1.82) is 0 Å². The Morgan fingerprint density at radius 1 is 1.38 bits per heavy atom. The van der Waals surface area contributed by atoms with E-state index in [-0.39, 0.29) is 5.41 Å². The normalized spacial score (nSPS) is 10.7. The van der Waals surface area contributed by atoms with Crippen molar-refractivity contribution in [2.24, 2.45) is 4.99 Å². The molecule has 0 unspecified atom stereocenters. The molecule has 0 saturated carbocycles. The Labute approximate surface area is 96.2 Å². The summed E-state index contributed by atoms with van der Waals surface area (Å²) >= 11 is 0. The van der Waals surface area contributed by atoms with Gasteiger partial charge in [-0.2, -0.15) is 0 Å². The molecular formula is C13H17NO2. The average Bonchev–Trinajstić information content (AvgIpc) is 2.24. The first-order chi connectivity index (χ1) is 7.54. The summed E-state index contributed by atoms with van der Waals surface area (Å²) in [4.78, 5) is 13.3. The van der Waals surface area contributed by atoms with E-state index in [1.165, 1.54) is 11.6 Å². The number of benzene rings is 1. The van der Waals surface area contributed by atoms with Crippen LogP contribution < -0.4 is 4.74 Å². The van der Waals surface area contributed by atoms with Crippen LogP contribution in [0.1, 0.15) is 26.3 Å². The Hall–Kier alpha value is -1.60. The maximum Gasteiger partial charge on any atom is 0.235 e. The van der Waals surface area contributed by atoms with Gasteiger partial charge in [-0.1, -0.05) is 32.9 Å². The molecular weight excluding hydrogens is 202 g/mol. The topological polar surface area (TPSA) is 38.7 Å². The van der Waals surface area contributed by atoms with Gasteiger partial charge in [0.1, 0.15) is 12.4 Å². The lowest BCUT2D eigenvalue weighted by atomic mass is 9.87. The molecule has 0 aliphatic rings. The smallest absolute Gasteiger partial charge is 0.235 e. The van der Waals surface area contributed by atoms with Gasteiger partial charge in [-0.15, -0.1) is 0 Å². The van der Waals surface area contributed by atoms with E-state index in [1.54, 1.807) is 0 Å². The van der Waals surface area contributed by atoms with Gasteiger partial charge in [-0.25, -0.2) is 9.79 Å². The van der Waals surface area contributed by atoms with Gasteiger partial charge in [0.2, 0.25) is 6.08 Å². The van der Waals surface area contributed by atoms with Gasteiger partial charge in [-0.05, 0) is 23.1 Å². The predicted molar refractivity (Wildman–Crippen MR) is 63.6 cm³/mol. The molecule has 1 aromatic rings. The summed E-state index contributed by atoms with van der Waals surface area (Å²) in [5, 5.41) is 0. The standard InChI is InChI=1S/C13H17NO2/c1-13(2,3)11-5-4-6-12(9-11)16-8-7-14-10-15/h4-6,9H,7-8H2,1-3H3. The van der Waals surface area contributed by atoms with Gasteiger partial charge in [0.15, 0.2) is 0 Å². The SMILES string of the molecule is CC(C)(C)c1cccc(OCCN=C=O)c1. The van der Waals surface area contributed by atoms with Crippen LogP contribution in [0.2, 0.25) is 0 Å². The summed E-state index contributed by atoms with van der Waals surface area (Å²) in [6.45, 7) is 7.22. The third-order valence-corrected chi connectivity index (χ3v) is 2.24. The molecule has 1 rings (SSSR count). The molecule has 0 aromatic heterocycles. The number of aliphatic imine (C=N–C) groups is 1. The Balaban J connectivity index is 2.64. The van der Waals surface area contributed by atoms with Crippen LogP contribution in [0, 0.1) is 0 Å². The van der Waals surface area contributed by atoms with E-state index in [9.17, 15) is 4.79 Å². The zero-order valence-corrected chi connectivity index (χ0v) is 9.99. The fourth-order valence-electron chi connectivity index (χ4n) is 1.31. The fourth-order valence-corrected chi connectivity index (χ4v) is 1.31. The molecule has 3 heteroatoms. The van der Waals surface area contributed by atoms with Gasteiger partial charge in [0, 0.05) is 0 Å². The Bertz CT molecular complexity index is 387. The van der Waals surface area contributed by atoms with Crippen molar-refractivity contribution in [3.63, 3.8) is 0 Å². The zero-order valence-electron chi connectivity index (χ0n) is 9.99. The minimum Gasteiger partial charge on any atom is -0.492 e. The van der Waals surface area contributed by atoms with Crippen LogP contribution in [0.15, 0.2) is 29.3 Å². The van der Waals surface area contributed by atoms with E-state index >= 15 is 0 Å². The van der Waals surface area contributed by atoms with Crippen LogP contribution in [0.4, 0.5) is 0 Å². The van der Waals surface area contributed by atoms with Gasteiger partial charge in [0.25, 0.3) is 0 Å². The van der Waals surface area contributed by atoms with Gasteiger partial charge in [0.05, 0.1) is 6.54 Å². The molecule has 0 amide bonds. The highest BCUT2D eigenvalue weighted by molar-refractivity contribution is 5.33. The minimum absolute atomic E-state index is 0.111. The lowest BCUT2D eigenvalue weighted by molar-refractivity contribution is 0.327. The first-order valence-electron chi connectivity index (χ1n) is 5.31. The van der Waals surface area contributed by atoms with Crippen molar-refractivity contribution in [3.8, 4) is 5.75 Å². The van der Waals surface area contributed by atoms with Crippen molar-refractivity contribution in [3.05, 3.63) is 29.8 Å². The second-order valence-electron chi connectivity index (χ2n) is 4.60. The quantitative estimate of drug-likeness (QED) is 0.443. The highest BCUT2D eigenvalue weighted by atomic mass is 16.5. The first kappa shape index (κ1) is 12.5. The van der Waals surface area contributed by atoms with Crippen molar-refractivity contribution >= 4 is 6.08 Å². The monoisotopic (exact) mass is 219 g/mol.